The van der Waals surface area contributed by atoms with Crippen molar-refractivity contribution < 1.29 is 13.2 Å². The van der Waals surface area contributed by atoms with E-state index in [9.17, 15) is 13.2 Å². The molecule has 0 saturated heterocycles. The Morgan fingerprint density at radius 3 is 2.55 bits per heavy atom. The number of hydrogen-bond acceptors (Lipinski definition) is 4. The number of nitrogens with two attached hydrogens (primary N) is 1. The van der Waals surface area contributed by atoms with Crippen molar-refractivity contribution in [1.82, 2.24) is 9.62 Å². The highest BCUT2D eigenvalue weighted by Crippen LogP contribution is 2.13. The van der Waals surface area contributed by atoms with Gasteiger partial charge in [0.1, 0.15) is 0 Å². The summed E-state index contributed by atoms with van der Waals surface area (Å²) in [7, 11) is -1.99. The van der Waals surface area contributed by atoms with Gasteiger partial charge in [-0.25, -0.2) is 13.1 Å². The molecule has 1 aromatic rings. The molecule has 0 fully saturated rings. The number of likely N-dealkylation sites (N-methyl/N-ethyl adjacent to an activating group) is 1. The largest absolute Gasteiger partial charge is 0.398 e. The first-order valence-electron chi connectivity index (χ1n) is 6.35. The van der Waals surface area contributed by atoms with Crippen molar-refractivity contribution in [2.75, 3.05) is 19.3 Å². The summed E-state index contributed by atoms with van der Waals surface area (Å²) in [6.07, 6.45) is 0. The zero-order chi connectivity index (χ0) is 15.3. The maximum Gasteiger partial charge on any atom is 0.240 e. The Labute approximate surface area is 120 Å². The Morgan fingerprint density at radius 1 is 1.40 bits per heavy atom. The molecule has 1 rings (SSSR count). The molecular formula is C13H21N3O3S. The third-order valence-electron chi connectivity index (χ3n) is 2.98. The lowest BCUT2D eigenvalue weighted by Crippen LogP contribution is -2.45. The number of para-hydroxylation sites is 1. The molecule has 0 heterocycles. The highest BCUT2D eigenvalue weighted by atomic mass is 32.2. The van der Waals surface area contributed by atoms with Crippen molar-refractivity contribution in [2.24, 2.45) is 0 Å². The van der Waals surface area contributed by atoms with Crippen molar-refractivity contribution in [3.05, 3.63) is 29.8 Å². The average Bonchev–Trinajstić information content (AvgIpc) is 2.38. The number of nitrogens with one attached hydrogen (secondary N) is 1. The van der Waals surface area contributed by atoms with Crippen LogP contribution in [0.3, 0.4) is 0 Å². The van der Waals surface area contributed by atoms with Crippen LogP contribution < -0.4 is 10.5 Å². The Morgan fingerprint density at radius 2 is 2.00 bits per heavy atom. The van der Waals surface area contributed by atoms with Gasteiger partial charge in [0, 0.05) is 19.3 Å². The van der Waals surface area contributed by atoms with Gasteiger partial charge in [0.2, 0.25) is 15.9 Å². The number of hydrogen-bond donors (Lipinski definition) is 2. The molecule has 7 heteroatoms. The Bertz CT molecular complexity index is 572. The van der Waals surface area contributed by atoms with E-state index in [1.807, 2.05) is 6.92 Å². The Hall–Kier alpha value is -1.60. The van der Waals surface area contributed by atoms with Crippen molar-refractivity contribution >= 4 is 21.6 Å². The first kappa shape index (κ1) is 16.5. The van der Waals surface area contributed by atoms with Gasteiger partial charge in [0.25, 0.3) is 0 Å². The summed E-state index contributed by atoms with van der Waals surface area (Å²) in [5, 5.41) is 0. The SMILES string of the molecule is CCN(C)C(=O)C(C)NS(=O)(=O)Cc1ccccc1N. The predicted octanol–water partition coefficient (Wildman–Crippen LogP) is 0.555. The maximum absolute atomic E-state index is 12.0. The Balaban J connectivity index is 2.76. The number of nitrogen functional groups attached to an aromatic ring is 1. The number of carbonyl (C=O) groups excluding carboxylic acids is 1. The molecular weight excluding hydrogens is 278 g/mol. The van der Waals surface area contributed by atoms with E-state index in [-0.39, 0.29) is 11.7 Å². The molecule has 0 aromatic heterocycles. The molecule has 0 spiro atoms. The van der Waals surface area contributed by atoms with Gasteiger partial charge in [0.15, 0.2) is 0 Å². The fourth-order valence-corrected chi connectivity index (χ4v) is 3.11. The van der Waals surface area contributed by atoms with Gasteiger partial charge in [0.05, 0.1) is 11.8 Å². The normalized spacial score (nSPS) is 12.9. The predicted molar refractivity (Wildman–Crippen MR) is 79.4 cm³/mol. The summed E-state index contributed by atoms with van der Waals surface area (Å²) >= 11 is 0. The van der Waals surface area contributed by atoms with Crippen LogP contribution in [-0.4, -0.2) is 38.9 Å². The van der Waals surface area contributed by atoms with Crippen LogP contribution in [0, 0.1) is 0 Å². The average molecular weight is 299 g/mol. The number of anilines is 1. The topological polar surface area (TPSA) is 92.5 Å². The number of carbonyl (C=O) groups is 1. The van der Waals surface area contributed by atoms with E-state index in [4.69, 9.17) is 5.73 Å². The second kappa shape index (κ2) is 6.71. The summed E-state index contributed by atoms with van der Waals surface area (Å²) in [5.41, 5.74) is 6.66. The first-order chi connectivity index (χ1) is 9.26. The minimum absolute atomic E-state index is 0.243. The highest BCUT2D eigenvalue weighted by molar-refractivity contribution is 7.88. The van der Waals surface area contributed by atoms with Crippen LogP contribution in [0.2, 0.25) is 0 Å². The fourth-order valence-electron chi connectivity index (χ4n) is 1.72. The molecule has 0 aliphatic carbocycles. The molecule has 1 unspecified atom stereocenters. The van der Waals surface area contributed by atoms with Crippen LogP contribution >= 0.6 is 0 Å². The summed E-state index contributed by atoms with van der Waals surface area (Å²) in [4.78, 5) is 13.3. The molecule has 20 heavy (non-hydrogen) atoms. The quantitative estimate of drug-likeness (QED) is 0.750. The zero-order valence-electron chi connectivity index (χ0n) is 12.0. The summed E-state index contributed by atoms with van der Waals surface area (Å²) in [5.74, 6) is -0.509. The zero-order valence-corrected chi connectivity index (χ0v) is 12.8. The van der Waals surface area contributed by atoms with Gasteiger partial charge in [-0.15, -0.1) is 0 Å². The smallest absolute Gasteiger partial charge is 0.240 e. The molecule has 0 bridgehead atoms. The van der Waals surface area contributed by atoms with Crippen LogP contribution in [0.4, 0.5) is 5.69 Å². The second-order valence-electron chi connectivity index (χ2n) is 4.65. The van der Waals surface area contributed by atoms with Gasteiger partial charge in [-0.05, 0) is 25.5 Å². The second-order valence-corrected chi connectivity index (χ2v) is 6.40. The molecule has 1 atom stereocenters. The van der Waals surface area contributed by atoms with Crippen molar-refractivity contribution in [3.8, 4) is 0 Å². The van der Waals surface area contributed by atoms with E-state index in [0.717, 1.165) is 0 Å². The maximum atomic E-state index is 12.0. The number of rotatable bonds is 6. The summed E-state index contributed by atoms with van der Waals surface area (Å²) < 4.78 is 26.5. The standard InChI is InChI=1S/C13H21N3O3S/c1-4-16(3)13(17)10(2)15-20(18,19)9-11-7-5-6-8-12(11)14/h5-8,10,15H,4,9,14H2,1-3H3. The van der Waals surface area contributed by atoms with Crippen LogP contribution in [0.5, 0.6) is 0 Å². The minimum atomic E-state index is -3.62. The molecule has 6 nitrogen and oxygen atoms in total. The van der Waals surface area contributed by atoms with Gasteiger partial charge in [-0.2, -0.15) is 0 Å². The molecule has 3 N–H and O–H groups in total. The van der Waals surface area contributed by atoms with Crippen LogP contribution in [-0.2, 0) is 20.6 Å². The van der Waals surface area contributed by atoms with Gasteiger partial charge in [-0.3, -0.25) is 4.79 Å². The highest BCUT2D eigenvalue weighted by Gasteiger charge is 2.23. The Kier molecular flexibility index (Phi) is 5.52. The molecule has 112 valence electrons. The molecule has 0 aliphatic heterocycles. The molecule has 0 aliphatic rings. The monoisotopic (exact) mass is 299 g/mol. The van der Waals surface area contributed by atoms with E-state index in [2.05, 4.69) is 4.72 Å². The van der Waals surface area contributed by atoms with E-state index < -0.39 is 16.1 Å². The number of amides is 1. The third-order valence-corrected chi connectivity index (χ3v) is 4.38. The lowest BCUT2D eigenvalue weighted by atomic mass is 10.2. The van der Waals surface area contributed by atoms with E-state index in [0.29, 0.717) is 17.8 Å². The van der Waals surface area contributed by atoms with Gasteiger partial charge < -0.3 is 10.6 Å². The van der Waals surface area contributed by atoms with Crippen LogP contribution in [0.25, 0.3) is 0 Å². The van der Waals surface area contributed by atoms with Crippen molar-refractivity contribution in [2.45, 2.75) is 25.6 Å². The summed E-state index contributed by atoms with van der Waals surface area (Å²) in [6, 6.07) is 5.96. The van der Waals surface area contributed by atoms with Gasteiger partial charge >= 0.3 is 0 Å². The number of sulfonamides is 1. The number of benzene rings is 1. The lowest BCUT2D eigenvalue weighted by molar-refractivity contribution is -0.131. The van der Waals surface area contributed by atoms with Crippen LogP contribution in [0.1, 0.15) is 19.4 Å². The molecule has 1 amide bonds. The van der Waals surface area contributed by atoms with Crippen molar-refractivity contribution in [1.29, 1.82) is 0 Å². The summed E-state index contributed by atoms with van der Waals surface area (Å²) in [6.45, 7) is 3.88. The number of nitrogens with zero attached hydrogens (tertiary/aromatic N) is 1. The van der Waals surface area contributed by atoms with E-state index >= 15 is 0 Å². The van der Waals surface area contributed by atoms with Crippen LogP contribution in [0.15, 0.2) is 24.3 Å². The van der Waals surface area contributed by atoms with E-state index in [1.54, 1.807) is 31.3 Å². The molecule has 0 radical (unpaired) electrons. The minimum Gasteiger partial charge on any atom is -0.398 e. The lowest BCUT2D eigenvalue weighted by Gasteiger charge is -2.20. The molecule has 0 saturated carbocycles. The third kappa shape index (κ3) is 4.50. The molecule has 1 aromatic carbocycles. The van der Waals surface area contributed by atoms with Crippen molar-refractivity contribution in [3.63, 3.8) is 0 Å². The van der Waals surface area contributed by atoms with E-state index in [1.165, 1.54) is 11.8 Å². The van der Waals surface area contributed by atoms with Gasteiger partial charge in [-0.1, -0.05) is 18.2 Å². The first-order valence-corrected chi connectivity index (χ1v) is 8.00. The fraction of sp³-hybridized carbons (Fsp3) is 0.462.